The lowest BCUT2D eigenvalue weighted by Crippen LogP contribution is -2.31. The first kappa shape index (κ1) is 172. The molecule has 0 heterocycles. The van der Waals surface area contributed by atoms with Crippen LogP contribution in [0.4, 0.5) is 4.79 Å². The molecule has 0 bridgehead atoms. The maximum Gasteiger partial charge on any atom is 0.507 e. The van der Waals surface area contributed by atoms with Crippen LogP contribution >= 0.6 is 11.8 Å². The lowest BCUT2D eigenvalue weighted by Gasteiger charge is -2.09. The van der Waals surface area contributed by atoms with Crippen LogP contribution in [0.1, 0.15) is 70.2 Å². The second kappa shape index (κ2) is 132. The van der Waals surface area contributed by atoms with Gasteiger partial charge < -0.3 is 53.3 Å². The number of aliphatic hydroxyl groups is 1. The molecule has 0 saturated heterocycles. The maximum absolute atomic E-state index is 10.5. The van der Waals surface area contributed by atoms with E-state index in [1.807, 2.05) is 66.7 Å². The predicted octanol–water partition coefficient (Wildman–Crippen LogP) is 8.87. The third-order valence-corrected chi connectivity index (χ3v) is 11.9. The molecule has 0 unspecified atom stereocenters. The number of thioether (sulfide) groups is 1. The fourth-order valence-corrected chi connectivity index (χ4v) is 2.30. The van der Waals surface area contributed by atoms with Crippen LogP contribution in [0.2, 0.25) is 0 Å². The Labute approximate surface area is 641 Å². The fourth-order valence-electron chi connectivity index (χ4n) is 0.329. The summed E-state index contributed by atoms with van der Waals surface area (Å²) in [4.78, 5) is 67.1. The summed E-state index contributed by atoms with van der Waals surface area (Å²) in [5.74, 6) is 1.05. The van der Waals surface area contributed by atoms with Crippen molar-refractivity contribution in [2.75, 3.05) is 204 Å². The standard InChI is InChI=1S/2C4H10N2.2C4H9NO.C3H9NO4S2.2C3H9NO2S.C3H9N.C3H6O3.2C3H6O2.C3H6O.C2H6O2S.C2H6OS.C2H4O.C2H6S.7C2H4.2CH4/c2*1-4(5)6(2)3;2*1-4(6)5(2)3;1-4(9(2,5)6)10(3,7)8;2*1-4(2)7(3,5)6;1-4(2)3;1-5-3(4)6-2;2*1-3(4)5-2;1-3(2)4;1-5(2,3)4;1-4(2)3;1-2-3;1-3-2;7*1-2;;/h2*5H,1-3H3;2*1-3H3;1-3H3;2*1-3H3;1-3H3;1-2H3;2*1-2H3;1-2H3;1-2H3;1-2H3;2-3H,1H2;1-2H3;7*1-2H2;2*1H4. The molecule has 2 amide bonds. The van der Waals surface area contributed by atoms with Crippen molar-refractivity contribution in [3.63, 3.8) is 0 Å². The number of Topliss-reactive ketones (excluding diaryl/α,β-unsaturated/α-hetero) is 1. The zero-order valence-corrected chi connectivity index (χ0v) is 75.4. The van der Waals surface area contributed by atoms with Crippen LogP contribution in [0.15, 0.2) is 105 Å². The number of aliphatic hydroxyl groups excluding tert-OH is 1. The van der Waals surface area contributed by atoms with Crippen molar-refractivity contribution in [2.45, 2.75) is 70.2 Å². The first-order valence-corrected chi connectivity index (χ1v) is 40.3. The number of carbonyl (C=O) groups excluding carboxylic acids is 6. The number of hydrogen-bond acceptors (Lipinski definition) is 26. The second-order valence-corrected chi connectivity index (χ2v) is 30.8. The topological polar surface area (TPSA) is 421 Å². The van der Waals surface area contributed by atoms with Crippen molar-refractivity contribution in [1.82, 2.24) is 36.8 Å². The van der Waals surface area contributed by atoms with Crippen molar-refractivity contribution < 1.29 is 99.1 Å². The van der Waals surface area contributed by atoms with Gasteiger partial charge in [0.2, 0.25) is 51.9 Å². The number of methoxy groups -OCH3 is 4. The van der Waals surface area contributed by atoms with Crippen molar-refractivity contribution in [1.29, 1.82) is 10.8 Å². The van der Waals surface area contributed by atoms with Gasteiger partial charge in [0.05, 0.1) is 71.4 Å². The van der Waals surface area contributed by atoms with Crippen LogP contribution in [0.5, 0.6) is 0 Å². The average Bonchev–Trinajstić information content (AvgIpc) is 0.945. The summed E-state index contributed by atoms with van der Waals surface area (Å²) < 4.78 is 131. The quantitative estimate of drug-likeness (QED) is 0.0590. The molecule has 0 fully saturated rings. The highest BCUT2D eigenvalue weighted by molar-refractivity contribution is 8.03. The molecule has 0 aliphatic heterocycles. The SMILES string of the molecule is C.C.C=C.C=C.C=C.C=C.C=C.C=C.C=C.C=CO.CC(=N)N(C)C.CC(=N)N(C)C.CC(=O)N(C)C.CC(=O)N(C)C.CC(C)=O.CN(C)C.CN(C)S(C)(=O)=O.CN(C)S(C)(=O)=O.CN(S(C)(=O)=O)S(C)(=O)=O.COC(=O)OC.COC(C)=O.COC(C)=O.CS(C)(=O)=O.CS(C)=O.CSC. The number of carbonyl (C=O) groups is 6. The highest BCUT2D eigenvalue weighted by Gasteiger charge is 2.20. The molecule has 103 heavy (non-hydrogen) atoms. The number of amides is 2. The van der Waals surface area contributed by atoms with E-state index in [1.54, 1.807) is 76.1 Å². The van der Waals surface area contributed by atoms with E-state index in [1.165, 1.54) is 108 Å². The third kappa shape index (κ3) is 484. The van der Waals surface area contributed by atoms with Gasteiger partial charge in [-0.15, -0.1) is 92.1 Å². The van der Waals surface area contributed by atoms with Crippen molar-refractivity contribution in [3.05, 3.63) is 105 Å². The van der Waals surface area contributed by atoms with E-state index in [4.69, 9.17) is 15.9 Å². The normalized spacial score (nSPS) is 8.03. The lowest BCUT2D eigenvalue weighted by molar-refractivity contribution is -0.138. The number of rotatable bonds is 4. The van der Waals surface area contributed by atoms with E-state index in [-0.39, 0.29) is 44.4 Å². The van der Waals surface area contributed by atoms with Gasteiger partial charge in [-0.3, -0.25) is 34.2 Å². The summed E-state index contributed by atoms with van der Waals surface area (Å²) in [6.45, 7) is 57.3. The van der Waals surface area contributed by atoms with E-state index >= 15 is 0 Å². The minimum Gasteiger partial charge on any atom is -0.516 e. The average molecular weight is 1640 g/mol. The molecule has 3 N–H and O–H groups in total. The molecular formula is C64H156N10O22S7. The smallest absolute Gasteiger partial charge is 0.507 e. The van der Waals surface area contributed by atoms with Gasteiger partial charge in [0.25, 0.3) is 0 Å². The van der Waals surface area contributed by atoms with Crippen LogP contribution in [-0.2, 0) is 104 Å². The Hall–Kier alpha value is -6.43. The van der Waals surface area contributed by atoms with E-state index < -0.39 is 66.9 Å². The molecule has 39 heteroatoms. The number of esters is 2. The molecule has 0 atom stereocenters. The Bertz CT molecular complexity index is 2240. The molecule has 0 saturated carbocycles. The first-order valence-electron chi connectivity index (χ1n) is 27.0. The zero-order chi connectivity index (χ0) is 89.6. The van der Waals surface area contributed by atoms with Gasteiger partial charge in [-0.1, -0.05) is 25.1 Å². The van der Waals surface area contributed by atoms with Gasteiger partial charge in [-0.05, 0) is 61.3 Å². The van der Waals surface area contributed by atoms with Gasteiger partial charge in [-0.25, -0.2) is 55.5 Å². The minimum absolute atomic E-state index is 0. The number of amidine groups is 2. The van der Waals surface area contributed by atoms with Crippen LogP contribution < -0.4 is 0 Å². The van der Waals surface area contributed by atoms with Gasteiger partial charge in [-0.2, -0.15) is 11.8 Å². The Kier molecular flexibility index (Phi) is 220. The minimum atomic E-state index is -3.62. The third-order valence-electron chi connectivity index (χ3n) is 5.77. The number of sulfone groups is 1. The lowest BCUT2D eigenvalue weighted by atomic mass is 10.6. The van der Waals surface area contributed by atoms with Gasteiger partial charge >= 0.3 is 18.1 Å². The van der Waals surface area contributed by atoms with E-state index in [9.17, 15) is 75.1 Å². The maximum atomic E-state index is 10.5. The summed E-state index contributed by atoms with van der Waals surface area (Å²) in [5.41, 5.74) is 0. The summed E-state index contributed by atoms with van der Waals surface area (Å²) in [5, 5.41) is 21.1. The Morgan fingerprint density at radius 3 is 0.476 bits per heavy atom. The molecule has 0 spiro atoms. The Morgan fingerprint density at radius 2 is 0.476 bits per heavy atom. The molecule has 0 aliphatic rings. The van der Waals surface area contributed by atoms with Gasteiger partial charge in [0.15, 0.2) is 0 Å². The molecular weight excluding hydrogens is 1490 g/mol. The molecule has 32 nitrogen and oxygen atoms in total. The van der Waals surface area contributed by atoms with Crippen molar-refractivity contribution in [2.24, 2.45) is 0 Å². The number of sulfonamides is 4. The molecule has 0 aromatic rings. The molecule has 0 aromatic heterocycles. The van der Waals surface area contributed by atoms with E-state index in [0.29, 0.717) is 15.4 Å². The first-order chi connectivity index (χ1) is 45.0. The number of hydrogen-bond donors (Lipinski definition) is 3. The molecule has 636 valence electrons. The fraction of sp³-hybridized carbons (Fsp3) is 0.625. The molecule has 0 radical (unpaired) electrons. The Morgan fingerprint density at radius 1 is 0.398 bits per heavy atom. The largest absolute Gasteiger partial charge is 0.516 e. The number of nitrogens with one attached hydrogen (secondary N) is 2. The molecule has 0 aliphatic carbocycles. The van der Waals surface area contributed by atoms with Crippen LogP contribution in [0, 0.1) is 10.8 Å². The number of ketones is 1. The Balaban J connectivity index is -0.0000000272. The van der Waals surface area contributed by atoms with Crippen LogP contribution in [0.25, 0.3) is 0 Å². The van der Waals surface area contributed by atoms with Crippen molar-refractivity contribution in [3.8, 4) is 0 Å². The second-order valence-electron chi connectivity index (χ2n) is 17.6. The summed E-state index contributed by atoms with van der Waals surface area (Å²) in [6.07, 6.45) is 13.7. The zero-order valence-electron chi connectivity index (χ0n) is 69.6. The molecule has 0 rings (SSSR count). The van der Waals surface area contributed by atoms with E-state index in [0.717, 1.165) is 59.5 Å². The highest BCUT2D eigenvalue weighted by Crippen LogP contribution is 1.98. The summed E-state index contributed by atoms with van der Waals surface area (Å²) >= 11 is 1.75. The van der Waals surface area contributed by atoms with Gasteiger partial charge in [0.1, 0.15) is 15.6 Å². The van der Waals surface area contributed by atoms with Crippen LogP contribution in [0.3, 0.4) is 0 Å². The van der Waals surface area contributed by atoms with E-state index in [2.05, 4.69) is 118 Å². The number of nitrogens with zero attached hydrogens (tertiary/aromatic N) is 8. The van der Waals surface area contributed by atoms with Crippen molar-refractivity contribution >= 4 is 120 Å². The number of ether oxygens (including phenoxy) is 4. The predicted molar refractivity (Wildman–Crippen MR) is 453 cm³/mol. The summed E-state index contributed by atoms with van der Waals surface area (Å²) in [7, 11) is 16.2. The highest BCUT2D eigenvalue weighted by atomic mass is 32.3. The van der Waals surface area contributed by atoms with Crippen LogP contribution in [-0.4, -0.2) is 339 Å². The monoisotopic (exact) mass is 1640 g/mol. The molecule has 0 aromatic carbocycles. The summed E-state index contributed by atoms with van der Waals surface area (Å²) in [6, 6.07) is 0. The van der Waals surface area contributed by atoms with Gasteiger partial charge in [0, 0.05) is 155 Å².